The summed E-state index contributed by atoms with van der Waals surface area (Å²) in [6.07, 6.45) is -11.8. The number of rotatable bonds is 2. The van der Waals surface area contributed by atoms with Gasteiger partial charge in [0.25, 0.3) is 5.60 Å². The maximum atomic E-state index is 12.7. The molecule has 19 heavy (non-hydrogen) atoms. The van der Waals surface area contributed by atoms with E-state index in [1.54, 1.807) is 0 Å². The molecule has 7 heteroatoms. The highest BCUT2D eigenvalue weighted by atomic mass is 19.4. The van der Waals surface area contributed by atoms with Crippen LogP contribution >= 0.6 is 0 Å². The van der Waals surface area contributed by atoms with Crippen molar-refractivity contribution in [1.29, 1.82) is 0 Å². The van der Waals surface area contributed by atoms with Crippen molar-refractivity contribution in [3.8, 4) is 0 Å². The summed E-state index contributed by atoms with van der Waals surface area (Å²) in [6.45, 7) is 4.57. The highest BCUT2D eigenvalue weighted by Crippen LogP contribution is 2.51. The third-order valence-corrected chi connectivity index (χ3v) is 2.60. The molecule has 1 nitrogen and oxygen atoms in total. The Labute approximate surface area is 105 Å². The van der Waals surface area contributed by atoms with Crippen molar-refractivity contribution >= 4 is 5.57 Å². The molecule has 1 aromatic rings. The standard InChI is InChI=1S/C12H10F6O/c1-7(2)8-5-3-4-6-9(8)10(19,11(13,14)15)12(16,17)18/h3-6,19H,1H2,2H3. The first-order valence-corrected chi connectivity index (χ1v) is 5.04. The lowest BCUT2D eigenvalue weighted by Crippen LogP contribution is -2.54. The molecule has 0 fully saturated rings. The van der Waals surface area contributed by atoms with E-state index in [0.717, 1.165) is 12.1 Å². The molecule has 0 radical (unpaired) electrons. The molecule has 0 amide bonds. The minimum absolute atomic E-state index is 0.0116. The van der Waals surface area contributed by atoms with Gasteiger partial charge in [-0.2, -0.15) is 26.3 Å². The largest absolute Gasteiger partial charge is 0.430 e. The van der Waals surface area contributed by atoms with Crippen molar-refractivity contribution in [3.05, 3.63) is 42.0 Å². The van der Waals surface area contributed by atoms with Crippen LogP contribution in [0.5, 0.6) is 0 Å². The van der Waals surface area contributed by atoms with Gasteiger partial charge < -0.3 is 5.11 Å². The van der Waals surface area contributed by atoms with Crippen LogP contribution in [0.25, 0.3) is 5.57 Å². The lowest BCUT2D eigenvalue weighted by Gasteiger charge is -2.34. The molecule has 0 spiro atoms. The molecule has 0 bridgehead atoms. The van der Waals surface area contributed by atoms with E-state index >= 15 is 0 Å². The van der Waals surface area contributed by atoms with Crippen molar-refractivity contribution in [2.24, 2.45) is 0 Å². The number of allylic oxidation sites excluding steroid dienone is 1. The number of aliphatic hydroxyl groups is 1. The average molecular weight is 284 g/mol. The monoisotopic (exact) mass is 284 g/mol. The Morgan fingerprint density at radius 2 is 1.42 bits per heavy atom. The van der Waals surface area contributed by atoms with Gasteiger partial charge in [-0.1, -0.05) is 36.4 Å². The van der Waals surface area contributed by atoms with Crippen molar-refractivity contribution < 1.29 is 31.4 Å². The zero-order chi connectivity index (χ0) is 15.1. The van der Waals surface area contributed by atoms with E-state index in [9.17, 15) is 31.4 Å². The summed E-state index contributed by atoms with van der Waals surface area (Å²) < 4.78 is 76.4. The Balaban J connectivity index is 3.67. The molecule has 0 atom stereocenters. The Morgan fingerprint density at radius 1 is 1.00 bits per heavy atom. The van der Waals surface area contributed by atoms with E-state index in [4.69, 9.17) is 0 Å². The Morgan fingerprint density at radius 3 is 1.79 bits per heavy atom. The molecular formula is C12H10F6O. The van der Waals surface area contributed by atoms with Gasteiger partial charge in [-0.3, -0.25) is 0 Å². The summed E-state index contributed by atoms with van der Waals surface area (Å²) in [5, 5.41) is 9.29. The topological polar surface area (TPSA) is 20.2 Å². The van der Waals surface area contributed by atoms with E-state index in [1.165, 1.54) is 13.0 Å². The fourth-order valence-corrected chi connectivity index (χ4v) is 1.64. The summed E-state index contributed by atoms with van der Waals surface area (Å²) in [4.78, 5) is 0. The number of benzene rings is 1. The first-order valence-electron chi connectivity index (χ1n) is 5.04. The van der Waals surface area contributed by atoms with Gasteiger partial charge in [0.1, 0.15) is 0 Å². The Bertz CT molecular complexity index is 472. The predicted molar refractivity (Wildman–Crippen MR) is 57.2 cm³/mol. The predicted octanol–water partition coefficient (Wildman–Crippen LogP) is 4.03. The van der Waals surface area contributed by atoms with E-state index in [0.29, 0.717) is 6.07 Å². The minimum atomic E-state index is -5.89. The van der Waals surface area contributed by atoms with Crippen LogP contribution in [0.15, 0.2) is 30.8 Å². The first-order chi connectivity index (χ1) is 8.43. The van der Waals surface area contributed by atoms with Crippen molar-refractivity contribution in [2.75, 3.05) is 0 Å². The molecule has 1 rings (SSSR count). The van der Waals surface area contributed by atoms with Crippen LogP contribution in [-0.4, -0.2) is 17.5 Å². The van der Waals surface area contributed by atoms with E-state index in [-0.39, 0.29) is 11.1 Å². The van der Waals surface area contributed by atoms with Gasteiger partial charge >= 0.3 is 12.4 Å². The molecule has 0 saturated carbocycles. The third-order valence-electron chi connectivity index (χ3n) is 2.60. The van der Waals surface area contributed by atoms with Gasteiger partial charge in [-0.05, 0) is 12.5 Å². The molecule has 0 heterocycles. The van der Waals surface area contributed by atoms with Gasteiger partial charge in [0.05, 0.1) is 0 Å². The quantitative estimate of drug-likeness (QED) is 0.813. The van der Waals surface area contributed by atoms with E-state index < -0.39 is 23.5 Å². The summed E-state index contributed by atoms with van der Waals surface area (Å²) >= 11 is 0. The minimum Gasteiger partial charge on any atom is -0.369 e. The van der Waals surface area contributed by atoms with E-state index in [2.05, 4.69) is 6.58 Å². The molecule has 0 aromatic heterocycles. The second-order valence-corrected chi connectivity index (χ2v) is 4.03. The van der Waals surface area contributed by atoms with Gasteiger partial charge in [0.15, 0.2) is 0 Å². The summed E-state index contributed by atoms with van der Waals surface area (Å²) in [6, 6.07) is 3.88. The highest BCUT2D eigenvalue weighted by Gasteiger charge is 2.71. The smallest absolute Gasteiger partial charge is 0.369 e. The highest BCUT2D eigenvalue weighted by molar-refractivity contribution is 5.66. The SMILES string of the molecule is C=C(C)c1ccccc1C(O)(C(F)(F)F)C(F)(F)F. The van der Waals surface area contributed by atoms with Crippen molar-refractivity contribution in [1.82, 2.24) is 0 Å². The van der Waals surface area contributed by atoms with Crippen LogP contribution in [0.2, 0.25) is 0 Å². The molecule has 0 aliphatic heterocycles. The number of alkyl halides is 6. The molecule has 0 aliphatic carbocycles. The lowest BCUT2D eigenvalue weighted by molar-refractivity contribution is -0.376. The zero-order valence-corrected chi connectivity index (χ0v) is 9.73. The fourth-order valence-electron chi connectivity index (χ4n) is 1.64. The molecule has 0 saturated heterocycles. The summed E-state index contributed by atoms with van der Waals surface area (Å²) in [7, 11) is 0. The molecule has 0 unspecified atom stereocenters. The second kappa shape index (κ2) is 4.56. The Kier molecular flexibility index (Phi) is 3.73. The van der Waals surface area contributed by atoms with Crippen LogP contribution in [-0.2, 0) is 5.60 Å². The normalized spacial score (nSPS) is 13.5. The van der Waals surface area contributed by atoms with Crippen molar-refractivity contribution in [2.45, 2.75) is 24.9 Å². The maximum Gasteiger partial charge on any atom is 0.430 e. The number of halogens is 6. The first kappa shape index (κ1) is 15.6. The Hall–Kier alpha value is -1.50. The molecule has 1 N–H and O–H groups in total. The average Bonchev–Trinajstić information content (AvgIpc) is 2.24. The zero-order valence-electron chi connectivity index (χ0n) is 9.73. The van der Waals surface area contributed by atoms with Crippen LogP contribution in [0.3, 0.4) is 0 Å². The van der Waals surface area contributed by atoms with Crippen LogP contribution in [0.1, 0.15) is 18.1 Å². The van der Waals surface area contributed by atoms with E-state index in [1.807, 2.05) is 0 Å². The lowest BCUT2D eigenvalue weighted by atomic mass is 9.86. The van der Waals surface area contributed by atoms with Gasteiger partial charge in [0.2, 0.25) is 0 Å². The summed E-state index contributed by atoms with van der Waals surface area (Å²) in [5.74, 6) is 0. The van der Waals surface area contributed by atoms with Gasteiger partial charge in [-0.25, -0.2) is 0 Å². The molecular weight excluding hydrogens is 274 g/mol. The maximum absolute atomic E-state index is 12.7. The number of hydrogen-bond acceptors (Lipinski definition) is 1. The fraction of sp³-hybridized carbons (Fsp3) is 0.333. The number of hydrogen-bond donors (Lipinski definition) is 1. The second-order valence-electron chi connectivity index (χ2n) is 4.03. The van der Waals surface area contributed by atoms with Crippen molar-refractivity contribution in [3.63, 3.8) is 0 Å². The summed E-state index contributed by atoms with van der Waals surface area (Å²) in [5.41, 5.74) is -6.60. The van der Waals surface area contributed by atoms with Crippen LogP contribution in [0, 0.1) is 0 Å². The molecule has 106 valence electrons. The van der Waals surface area contributed by atoms with Gasteiger partial charge in [-0.15, -0.1) is 0 Å². The third kappa shape index (κ3) is 2.47. The molecule has 1 aromatic carbocycles. The molecule has 0 aliphatic rings. The van der Waals surface area contributed by atoms with Gasteiger partial charge in [0, 0.05) is 5.56 Å². The van der Waals surface area contributed by atoms with Crippen LogP contribution < -0.4 is 0 Å². The van der Waals surface area contributed by atoms with Crippen LogP contribution in [0.4, 0.5) is 26.3 Å².